The molecule has 0 atom stereocenters. The molecule has 19 heavy (non-hydrogen) atoms. The first-order valence-corrected chi connectivity index (χ1v) is 5.85. The first kappa shape index (κ1) is 18.0. The van der Waals surface area contributed by atoms with Gasteiger partial charge in [-0.05, 0) is 12.8 Å². The van der Waals surface area contributed by atoms with Crippen LogP contribution in [0.5, 0.6) is 0 Å². The van der Waals surface area contributed by atoms with Crippen LogP contribution in [0, 0.1) is 5.41 Å². The molecule has 114 valence electrons. The summed E-state index contributed by atoms with van der Waals surface area (Å²) in [6.07, 6.45) is -11.4. The Kier molecular flexibility index (Phi) is 6.15. The second kappa shape index (κ2) is 6.47. The number of alkyl halides is 6. The Morgan fingerprint density at radius 3 is 1.74 bits per heavy atom. The van der Waals surface area contributed by atoms with E-state index in [0.29, 0.717) is 19.8 Å². The maximum Gasteiger partial charge on any atom is 0.413 e. The van der Waals surface area contributed by atoms with Gasteiger partial charge in [-0.1, -0.05) is 26.7 Å². The number of carbonyl (C=O) groups is 1. The molecule has 0 amide bonds. The van der Waals surface area contributed by atoms with Crippen LogP contribution in [0.2, 0.25) is 0 Å². The van der Waals surface area contributed by atoms with E-state index in [-0.39, 0.29) is 6.42 Å². The molecule has 0 aliphatic heterocycles. The third kappa shape index (κ3) is 3.76. The number of carbonyl (C=O) groups excluding carboxylic acids is 1. The molecular weight excluding hydrogens is 278 g/mol. The predicted octanol–water partition coefficient (Wildman–Crippen LogP) is 4.24. The number of hydrogen-bond acceptors (Lipinski definition) is 2. The van der Waals surface area contributed by atoms with Crippen LogP contribution in [0.4, 0.5) is 26.3 Å². The summed E-state index contributed by atoms with van der Waals surface area (Å²) in [4.78, 5) is 11.3. The van der Waals surface area contributed by atoms with Crippen molar-refractivity contribution in [1.82, 2.24) is 0 Å². The lowest BCUT2D eigenvalue weighted by Gasteiger charge is -2.34. The van der Waals surface area contributed by atoms with Crippen LogP contribution < -0.4 is 0 Å². The Morgan fingerprint density at radius 1 is 0.947 bits per heavy atom. The van der Waals surface area contributed by atoms with Gasteiger partial charge in [0.1, 0.15) is 0 Å². The molecule has 0 fully saturated rings. The van der Waals surface area contributed by atoms with Crippen LogP contribution >= 0.6 is 0 Å². The molecule has 0 heterocycles. The maximum absolute atomic E-state index is 12.7. The summed E-state index contributed by atoms with van der Waals surface area (Å²) in [6, 6.07) is 0. The summed E-state index contributed by atoms with van der Waals surface area (Å²) in [5.41, 5.74) is -4.44. The van der Waals surface area contributed by atoms with Crippen LogP contribution in [-0.2, 0) is 9.53 Å². The Bertz CT molecular complexity index is 281. The minimum atomic E-state index is -5.73. The van der Waals surface area contributed by atoms with Gasteiger partial charge in [0.2, 0.25) is 0 Å². The lowest BCUT2D eigenvalue weighted by atomic mass is 9.83. The van der Waals surface area contributed by atoms with Gasteiger partial charge in [0.25, 0.3) is 5.41 Å². The molecule has 0 bridgehead atoms. The molecular formula is C11H16F6O2. The van der Waals surface area contributed by atoms with Crippen molar-refractivity contribution >= 4 is 5.97 Å². The molecule has 0 aromatic rings. The smallest absolute Gasteiger partial charge is 0.413 e. The SMILES string of the molecule is CCCCCOC(=O)C(CC)(C(F)(F)F)C(F)(F)F. The van der Waals surface area contributed by atoms with Gasteiger partial charge < -0.3 is 4.74 Å². The molecule has 0 radical (unpaired) electrons. The fourth-order valence-electron chi connectivity index (χ4n) is 1.58. The molecule has 0 aliphatic rings. The Labute approximate surface area is 107 Å². The van der Waals surface area contributed by atoms with Gasteiger partial charge in [0.05, 0.1) is 6.61 Å². The standard InChI is InChI=1S/C11H16F6O2/c1-3-5-6-7-19-8(18)9(4-2,10(12,13)14)11(15,16)17/h3-7H2,1-2H3. The zero-order valence-corrected chi connectivity index (χ0v) is 10.6. The Hall–Kier alpha value is -0.950. The second-order valence-electron chi connectivity index (χ2n) is 4.10. The van der Waals surface area contributed by atoms with E-state index in [1.54, 1.807) is 6.92 Å². The average molecular weight is 294 g/mol. The first-order valence-electron chi connectivity index (χ1n) is 5.85. The van der Waals surface area contributed by atoms with Gasteiger partial charge in [-0.3, -0.25) is 4.79 Å². The average Bonchev–Trinajstić information content (AvgIpc) is 2.22. The van der Waals surface area contributed by atoms with E-state index < -0.39 is 36.8 Å². The van der Waals surface area contributed by atoms with Crippen molar-refractivity contribution in [3.05, 3.63) is 0 Å². The van der Waals surface area contributed by atoms with Gasteiger partial charge in [0.15, 0.2) is 0 Å². The van der Waals surface area contributed by atoms with E-state index in [0.717, 1.165) is 0 Å². The largest absolute Gasteiger partial charge is 0.465 e. The van der Waals surface area contributed by atoms with E-state index in [4.69, 9.17) is 0 Å². The third-order valence-corrected chi connectivity index (χ3v) is 2.83. The summed E-state index contributed by atoms with van der Waals surface area (Å²) >= 11 is 0. The molecule has 2 nitrogen and oxygen atoms in total. The van der Waals surface area contributed by atoms with Crippen LogP contribution in [0.25, 0.3) is 0 Å². The number of esters is 1. The van der Waals surface area contributed by atoms with Crippen molar-refractivity contribution < 1.29 is 35.9 Å². The van der Waals surface area contributed by atoms with Gasteiger partial charge in [-0.2, -0.15) is 26.3 Å². The molecule has 0 rings (SSSR count). The normalized spacial score (nSPS) is 13.5. The summed E-state index contributed by atoms with van der Waals surface area (Å²) in [5.74, 6) is -2.27. The van der Waals surface area contributed by atoms with E-state index >= 15 is 0 Å². The molecule has 0 aliphatic carbocycles. The quantitative estimate of drug-likeness (QED) is 0.416. The number of unbranched alkanes of at least 4 members (excludes halogenated alkanes) is 2. The van der Waals surface area contributed by atoms with Gasteiger partial charge in [-0.25, -0.2) is 0 Å². The molecule has 0 aromatic carbocycles. The molecule has 0 spiro atoms. The Balaban J connectivity index is 5.11. The molecule has 0 saturated carbocycles. The van der Waals surface area contributed by atoms with E-state index in [2.05, 4.69) is 4.74 Å². The minimum Gasteiger partial charge on any atom is -0.465 e. The molecule has 0 N–H and O–H groups in total. The summed E-state index contributed by atoms with van der Waals surface area (Å²) in [7, 11) is 0. The van der Waals surface area contributed by atoms with E-state index in [1.165, 1.54) is 0 Å². The van der Waals surface area contributed by atoms with Crippen LogP contribution in [-0.4, -0.2) is 24.9 Å². The van der Waals surface area contributed by atoms with Crippen molar-refractivity contribution in [1.29, 1.82) is 0 Å². The maximum atomic E-state index is 12.7. The summed E-state index contributed by atoms with van der Waals surface area (Å²) in [6.45, 7) is 2.01. The minimum absolute atomic E-state index is 0.234. The fraction of sp³-hybridized carbons (Fsp3) is 0.909. The summed E-state index contributed by atoms with van der Waals surface area (Å²) in [5, 5.41) is 0. The third-order valence-electron chi connectivity index (χ3n) is 2.83. The molecule has 0 unspecified atom stereocenters. The van der Waals surface area contributed by atoms with Crippen molar-refractivity contribution in [2.75, 3.05) is 6.61 Å². The van der Waals surface area contributed by atoms with E-state index in [1.807, 2.05) is 0 Å². The summed E-state index contributed by atoms with van der Waals surface area (Å²) < 4.78 is 80.2. The van der Waals surface area contributed by atoms with Crippen molar-refractivity contribution in [3.8, 4) is 0 Å². The van der Waals surface area contributed by atoms with Crippen molar-refractivity contribution in [2.45, 2.75) is 51.9 Å². The van der Waals surface area contributed by atoms with Crippen LogP contribution in [0.3, 0.4) is 0 Å². The van der Waals surface area contributed by atoms with E-state index in [9.17, 15) is 31.1 Å². The molecule has 0 aromatic heterocycles. The Morgan fingerprint density at radius 2 is 1.42 bits per heavy atom. The highest BCUT2D eigenvalue weighted by Crippen LogP contribution is 2.53. The molecule has 0 saturated heterocycles. The zero-order valence-electron chi connectivity index (χ0n) is 10.6. The number of hydrogen-bond donors (Lipinski definition) is 0. The fourth-order valence-corrected chi connectivity index (χ4v) is 1.58. The topological polar surface area (TPSA) is 26.3 Å². The molecule has 8 heteroatoms. The first-order chi connectivity index (χ1) is 8.54. The predicted molar refractivity (Wildman–Crippen MR) is 55.3 cm³/mol. The van der Waals surface area contributed by atoms with Crippen LogP contribution in [0.15, 0.2) is 0 Å². The highest BCUT2D eigenvalue weighted by Gasteiger charge is 2.75. The van der Waals surface area contributed by atoms with Crippen molar-refractivity contribution in [2.24, 2.45) is 5.41 Å². The second-order valence-corrected chi connectivity index (χ2v) is 4.10. The monoisotopic (exact) mass is 294 g/mol. The van der Waals surface area contributed by atoms with Gasteiger partial charge in [0, 0.05) is 0 Å². The van der Waals surface area contributed by atoms with Crippen LogP contribution in [0.1, 0.15) is 39.5 Å². The van der Waals surface area contributed by atoms with Gasteiger partial charge in [-0.15, -0.1) is 0 Å². The van der Waals surface area contributed by atoms with Gasteiger partial charge >= 0.3 is 18.3 Å². The number of ether oxygens (including phenoxy) is 1. The lowest BCUT2D eigenvalue weighted by Crippen LogP contribution is -2.56. The highest BCUT2D eigenvalue weighted by molar-refractivity contribution is 5.79. The lowest BCUT2D eigenvalue weighted by molar-refractivity contribution is -0.333. The number of rotatable bonds is 6. The number of halogens is 6. The zero-order chi connectivity index (χ0) is 15.3. The van der Waals surface area contributed by atoms with Crippen molar-refractivity contribution in [3.63, 3.8) is 0 Å². The highest BCUT2D eigenvalue weighted by atomic mass is 19.4.